The van der Waals surface area contributed by atoms with E-state index in [-0.39, 0.29) is 18.2 Å². The van der Waals surface area contributed by atoms with Gasteiger partial charge in [0.2, 0.25) is 11.7 Å². The zero-order valence-electron chi connectivity index (χ0n) is 16.9. The molecule has 1 aromatic rings. The van der Waals surface area contributed by atoms with Crippen molar-refractivity contribution in [1.82, 2.24) is 4.90 Å². The smallest absolute Gasteiger partial charge is 0.225 e. The maximum Gasteiger partial charge on any atom is 0.225 e. The Bertz CT molecular complexity index is 637. The number of ether oxygens (including phenoxy) is 5. The summed E-state index contributed by atoms with van der Waals surface area (Å²) in [4.78, 5) is 14.8. The third kappa shape index (κ3) is 4.87. The number of likely N-dealkylation sites (tertiary alicyclic amines) is 1. The number of methoxy groups -OCH3 is 3. The van der Waals surface area contributed by atoms with Gasteiger partial charge < -0.3 is 29.0 Å². The van der Waals surface area contributed by atoms with E-state index in [1.165, 1.54) is 6.42 Å². The number of piperidine rings is 1. The van der Waals surface area contributed by atoms with Gasteiger partial charge in [-0.1, -0.05) is 6.42 Å². The Morgan fingerprint density at radius 3 is 2.39 bits per heavy atom. The molecule has 0 spiro atoms. The van der Waals surface area contributed by atoms with E-state index in [9.17, 15) is 4.79 Å². The summed E-state index contributed by atoms with van der Waals surface area (Å²) in [6.45, 7) is 2.93. The molecule has 1 N–H and O–H groups in total. The van der Waals surface area contributed by atoms with Crippen LogP contribution in [-0.2, 0) is 14.3 Å². The molecule has 0 aliphatic carbocycles. The van der Waals surface area contributed by atoms with Crippen LogP contribution in [0.25, 0.3) is 0 Å². The Balaban J connectivity index is 1.59. The summed E-state index contributed by atoms with van der Waals surface area (Å²) in [7, 11) is 4.64. The van der Waals surface area contributed by atoms with Crippen molar-refractivity contribution in [3.8, 4) is 17.2 Å². The summed E-state index contributed by atoms with van der Waals surface area (Å²) in [6.07, 6.45) is 3.57. The highest BCUT2D eigenvalue weighted by atomic mass is 16.7. The average molecular weight is 394 g/mol. The summed E-state index contributed by atoms with van der Waals surface area (Å²) < 4.78 is 27.4. The Labute approximate surface area is 166 Å². The lowest BCUT2D eigenvalue weighted by Crippen LogP contribution is -2.48. The predicted octanol–water partition coefficient (Wildman–Crippen LogP) is 2.27. The van der Waals surface area contributed by atoms with Crippen LogP contribution in [0.3, 0.4) is 0 Å². The van der Waals surface area contributed by atoms with Crippen LogP contribution >= 0.6 is 0 Å². The molecular weight excluding hydrogens is 364 g/mol. The van der Waals surface area contributed by atoms with Gasteiger partial charge in [-0.05, 0) is 19.4 Å². The number of anilines is 1. The molecule has 8 heteroatoms. The molecule has 2 aliphatic heterocycles. The van der Waals surface area contributed by atoms with Crippen molar-refractivity contribution in [2.45, 2.75) is 38.0 Å². The minimum atomic E-state index is -0.168. The number of carbonyl (C=O) groups is 1. The van der Waals surface area contributed by atoms with Gasteiger partial charge in [-0.3, -0.25) is 9.69 Å². The maximum atomic E-state index is 12.5. The van der Waals surface area contributed by atoms with Crippen molar-refractivity contribution < 1.29 is 28.5 Å². The Morgan fingerprint density at radius 2 is 1.79 bits per heavy atom. The Hall–Kier alpha value is -2.03. The second kappa shape index (κ2) is 9.95. The first-order valence-corrected chi connectivity index (χ1v) is 9.73. The van der Waals surface area contributed by atoms with Gasteiger partial charge in [0.05, 0.1) is 40.6 Å². The molecule has 2 aliphatic rings. The number of benzene rings is 1. The van der Waals surface area contributed by atoms with Gasteiger partial charge in [-0.25, -0.2) is 0 Å². The predicted molar refractivity (Wildman–Crippen MR) is 104 cm³/mol. The van der Waals surface area contributed by atoms with E-state index in [0.717, 1.165) is 19.4 Å². The van der Waals surface area contributed by atoms with Crippen LogP contribution < -0.4 is 19.5 Å². The van der Waals surface area contributed by atoms with Gasteiger partial charge >= 0.3 is 0 Å². The summed E-state index contributed by atoms with van der Waals surface area (Å²) in [6, 6.07) is 3.68. The summed E-state index contributed by atoms with van der Waals surface area (Å²) in [5.74, 6) is 1.44. The highest BCUT2D eigenvalue weighted by molar-refractivity contribution is 5.91. The molecule has 0 saturated carbocycles. The fraction of sp³-hybridized carbons (Fsp3) is 0.650. The summed E-state index contributed by atoms with van der Waals surface area (Å²) in [5, 5.41) is 2.92. The molecular formula is C20H30N2O6. The molecule has 0 radical (unpaired) electrons. The second-order valence-corrected chi connectivity index (χ2v) is 6.92. The van der Waals surface area contributed by atoms with Crippen molar-refractivity contribution >= 4 is 11.6 Å². The fourth-order valence-electron chi connectivity index (χ4n) is 3.82. The topological polar surface area (TPSA) is 78.5 Å². The maximum absolute atomic E-state index is 12.5. The lowest BCUT2D eigenvalue weighted by atomic mass is 10.0. The van der Waals surface area contributed by atoms with Gasteiger partial charge in [-0.15, -0.1) is 0 Å². The van der Waals surface area contributed by atoms with Crippen molar-refractivity contribution in [3.05, 3.63) is 12.1 Å². The summed E-state index contributed by atoms with van der Waals surface area (Å²) >= 11 is 0. The SMILES string of the molecule is COc1cc(NC(=O)CCN2CCCCC2C2OCCO2)cc(OC)c1OC. The van der Waals surface area contributed by atoms with E-state index in [1.807, 2.05) is 0 Å². The van der Waals surface area contributed by atoms with E-state index in [1.54, 1.807) is 33.5 Å². The summed E-state index contributed by atoms with van der Waals surface area (Å²) in [5.41, 5.74) is 0.608. The highest BCUT2D eigenvalue weighted by Gasteiger charge is 2.33. The number of rotatable bonds is 8. The van der Waals surface area contributed by atoms with Crippen LogP contribution in [0.1, 0.15) is 25.7 Å². The average Bonchev–Trinajstić information content (AvgIpc) is 3.26. The lowest BCUT2D eigenvalue weighted by molar-refractivity contribution is -0.120. The molecule has 3 rings (SSSR count). The molecule has 156 valence electrons. The molecule has 8 nitrogen and oxygen atoms in total. The number of amides is 1. The zero-order valence-corrected chi connectivity index (χ0v) is 16.9. The van der Waals surface area contributed by atoms with E-state index in [2.05, 4.69) is 10.2 Å². The Kier molecular flexibility index (Phi) is 7.36. The van der Waals surface area contributed by atoms with E-state index in [4.69, 9.17) is 23.7 Å². The Morgan fingerprint density at radius 1 is 1.11 bits per heavy atom. The van der Waals surface area contributed by atoms with Crippen LogP contribution in [0.4, 0.5) is 5.69 Å². The third-order valence-corrected chi connectivity index (χ3v) is 5.20. The zero-order chi connectivity index (χ0) is 19.9. The minimum Gasteiger partial charge on any atom is -0.493 e. The second-order valence-electron chi connectivity index (χ2n) is 6.92. The molecule has 1 amide bonds. The molecule has 28 heavy (non-hydrogen) atoms. The van der Waals surface area contributed by atoms with Crippen molar-refractivity contribution in [2.24, 2.45) is 0 Å². The molecule has 2 heterocycles. The van der Waals surface area contributed by atoms with Crippen molar-refractivity contribution in [3.63, 3.8) is 0 Å². The van der Waals surface area contributed by atoms with Crippen molar-refractivity contribution in [1.29, 1.82) is 0 Å². The molecule has 0 aromatic heterocycles. The van der Waals surface area contributed by atoms with Crippen molar-refractivity contribution in [2.75, 3.05) is 52.9 Å². The third-order valence-electron chi connectivity index (χ3n) is 5.20. The van der Waals surface area contributed by atoms with E-state index < -0.39 is 0 Å². The molecule has 1 atom stereocenters. The van der Waals surface area contributed by atoms with Crippen LogP contribution in [-0.4, -0.2) is 70.8 Å². The minimum absolute atomic E-state index is 0.0631. The number of carbonyl (C=O) groups excluding carboxylic acids is 1. The van der Waals surface area contributed by atoms with Gasteiger partial charge in [0, 0.05) is 30.8 Å². The molecule has 2 saturated heterocycles. The number of nitrogens with zero attached hydrogens (tertiary/aromatic N) is 1. The van der Waals surface area contributed by atoms with Crippen LogP contribution in [0, 0.1) is 0 Å². The molecule has 0 bridgehead atoms. The first-order valence-electron chi connectivity index (χ1n) is 9.73. The van der Waals surface area contributed by atoms with Gasteiger partial charge in [0.25, 0.3) is 0 Å². The van der Waals surface area contributed by atoms with E-state index >= 15 is 0 Å². The largest absolute Gasteiger partial charge is 0.493 e. The normalized spacial score (nSPS) is 20.8. The van der Waals surface area contributed by atoms with Crippen LogP contribution in [0.5, 0.6) is 17.2 Å². The fourth-order valence-corrected chi connectivity index (χ4v) is 3.82. The first kappa shape index (κ1) is 20.7. The van der Waals surface area contributed by atoms with Gasteiger partial charge in [0.1, 0.15) is 0 Å². The number of hydrogen-bond donors (Lipinski definition) is 1. The number of nitrogens with one attached hydrogen (secondary N) is 1. The molecule has 2 fully saturated rings. The lowest BCUT2D eigenvalue weighted by Gasteiger charge is -2.37. The highest BCUT2D eigenvalue weighted by Crippen LogP contribution is 2.40. The van der Waals surface area contributed by atoms with Crippen LogP contribution in [0.2, 0.25) is 0 Å². The quantitative estimate of drug-likeness (QED) is 0.725. The van der Waals surface area contributed by atoms with Gasteiger partial charge in [0.15, 0.2) is 17.8 Å². The van der Waals surface area contributed by atoms with E-state index in [0.29, 0.717) is 49.1 Å². The number of hydrogen-bond acceptors (Lipinski definition) is 7. The first-order chi connectivity index (χ1) is 13.7. The molecule has 1 aromatic carbocycles. The monoisotopic (exact) mass is 394 g/mol. The standard InChI is InChI=1S/C20H30N2O6/c1-24-16-12-14(13-17(25-2)19(16)26-3)21-18(23)7-9-22-8-5-4-6-15(22)20-27-10-11-28-20/h12-13,15,20H,4-11H2,1-3H3,(H,21,23). The van der Waals surface area contributed by atoms with Crippen LogP contribution in [0.15, 0.2) is 12.1 Å². The van der Waals surface area contributed by atoms with Gasteiger partial charge in [-0.2, -0.15) is 0 Å². The molecule has 1 unspecified atom stereocenters.